The average Bonchev–Trinajstić information content (AvgIpc) is 2.75. The van der Waals surface area contributed by atoms with Crippen LogP contribution in [0.2, 0.25) is 0 Å². The van der Waals surface area contributed by atoms with Gasteiger partial charge in [0.1, 0.15) is 34.8 Å². The number of phenols is 1. The molecule has 0 spiro atoms. The molecule has 0 atom stereocenters. The molecule has 6 nitrogen and oxygen atoms in total. The molecule has 4 aromatic rings. The summed E-state index contributed by atoms with van der Waals surface area (Å²) in [6.45, 7) is 0.291. The maximum Gasteiger partial charge on any atom is 0.238 e. The van der Waals surface area contributed by atoms with E-state index in [-0.39, 0.29) is 22.5 Å². The van der Waals surface area contributed by atoms with Crippen molar-refractivity contribution in [1.29, 1.82) is 0 Å². The van der Waals surface area contributed by atoms with Crippen LogP contribution < -0.4 is 14.9 Å². The van der Waals surface area contributed by atoms with Gasteiger partial charge < -0.3 is 24.1 Å². The fourth-order valence-electron chi connectivity index (χ4n) is 3.03. The first-order valence-electron chi connectivity index (χ1n) is 8.91. The zero-order chi connectivity index (χ0) is 20.4. The van der Waals surface area contributed by atoms with E-state index in [0.29, 0.717) is 23.7 Å². The molecule has 0 amide bonds. The van der Waals surface area contributed by atoms with E-state index in [2.05, 4.69) is 0 Å². The number of benzene rings is 3. The fraction of sp³-hybridized carbons (Fsp3) is 0.0870. The molecule has 0 radical (unpaired) electrons. The maximum absolute atomic E-state index is 12.6. The van der Waals surface area contributed by atoms with Crippen molar-refractivity contribution in [2.75, 3.05) is 7.11 Å². The average molecular weight is 390 g/mol. The van der Waals surface area contributed by atoms with Gasteiger partial charge in [0.15, 0.2) is 5.76 Å². The smallest absolute Gasteiger partial charge is 0.238 e. The van der Waals surface area contributed by atoms with Gasteiger partial charge in [-0.3, -0.25) is 4.79 Å². The van der Waals surface area contributed by atoms with Gasteiger partial charge in [-0.25, -0.2) is 0 Å². The highest BCUT2D eigenvalue weighted by Gasteiger charge is 2.19. The first-order chi connectivity index (χ1) is 14.1. The minimum absolute atomic E-state index is 0.00441. The van der Waals surface area contributed by atoms with Gasteiger partial charge in [0.2, 0.25) is 11.2 Å². The second-order valence-corrected chi connectivity index (χ2v) is 6.43. The zero-order valence-corrected chi connectivity index (χ0v) is 15.6. The summed E-state index contributed by atoms with van der Waals surface area (Å²) in [5, 5.41) is 20.6. The number of phenolic OH excluding ortho intramolecular Hbond substituents is 1. The largest absolute Gasteiger partial charge is 0.507 e. The fourth-order valence-corrected chi connectivity index (χ4v) is 3.03. The molecule has 0 saturated carbocycles. The summed E-state index contributed by atoms with van der Waals surface area (Å²) in [5.41, 5.74) is 0.849. The minimum atomic E-state index is -0.718. The molecule has 4 rings (SSSR count). The van der Waals surface area contributed by atoms with Crippen molar-refractivity contribution in [2.24, 2.45) is 0 Å². The number of aromatic hydroxyl groups is 2. The van der Waals surface area contributed by atoms with Crippen molar-refractivity contribution in [2.45, 2.75) is 6.61 Å². The van der Waals surface area contributed by atoms with Crippen LogP contribution in [0.3, 0.4) is 0 Å². The van der Waals surface area contributed by atoms with Crippen LogP contribution in [0.15, 0.2) is 75.9 Å². The Morgan fingerprint density at radius 2 is 1.66 bits per heavy atom. The van der Waals surface area contributed by atoms with Crippen LogP contribution in [0, 0.1) is 0 Å². The normalized spacial score (nSPS) is 10.8. The van der Waals surface area contributed by atoms with Crippen molar-refractivity contribution in [3.63, 3.8) is 0 Å². The van der Waals surface area contributed by atoms with E-state index in [0.717, 1.165) is 5.56 Å². The Morgan fingerprint density at radius 3 is 2.34 bits per heavy atom. The molecule has 0 saturated heterocycles. The van der Waals surface area contributed by atoms with Crippen molar-refractivity contribution < 1.29 is 24.1 Å². The van der Waals surface area contributed by atoms with Gasteiger partial charge in [0.25, 0.3) is 0 Å². The number of hydrogen-bond donors (Lipinski definition) is 2. The molecule has 146 valence electrons. The molecular weight excluding hydrogens is 372 g/mol. The molecule has 2 N–H and O–H groups in total. The molecular formula is C23H18O6. The van der Waals surface area contributed by atoms with E-state index in [1.54, 1.807) is 31.4 Å². The summed E-state index contributed by atoms with van der Waals surface area (Å²) < 4.78 is 16.6. The molecule has 1 aromatic heterocycles. The summed E-state index contributed by atoms with van der Waals surface area (Å²) in [4.78, 5) is 12.6. The minimum Gasteiger partial charge on any atom is -0.507 e. The van der Waals surface area contributed by atoms with E-state index in [1.165, 1.54) is 12.1 Å². The molecule has 29 heavy (non-hydrogen) atoms. The second-order valence-electron chi connectivity index (χ2n) is 6.43. The monoisotopic (exact) mass is 390 g/mol. The Kier molecular flexibility index (Phi) is 4.83. The van der Waals surface area contributed by atoms with Crippen LogP contribution in [0.1, 0.15) is 5.56 Å². The van der Waals surface area contributed by atoms with E-state index in [9.17, 15) is 15.0 Å². The Hall–Kier alpha value is -3.93. The summed E-state index contributed by atoms with van der Waals surface area (Å²) in [6.07, 6.45) is 0. The maximum atomic E-state index is 12.6. The van der Waals surface area contributed by atoms with Crippen LogP contribution in [0.4, 0.5) is 0 Å². The molecule has 0 unspecified atom stereocenters. The second kappa shape index (κ2) is 7.59. The van der Waals surface area contributed by atoms with Crippen LogP contribution in [-0.2, 0) is 6.61 Å². The predicted octanol–water partition coefficient (Wildman–Crippen LogP) is 4.46. The lowest BCUT2D eigenvalue weighted by Gasteiger charge is -2.11. The third kappa shape index (κ3) is 3.60. The highest BCUT2D eigenvalue weighted by molar-refractivity contribution is 5.88. The SMILES string of the molecule is COc1ccc(-c2oc3cc(OCc4ccccc4)cc(O)c3c(=O)c2O)cc1. The Bertz CT molecular complexity index is 1210. The standard InChI is InChI=1S/C23H18O6/c1-27-16-9-7-15(8-10-16)23-22(26)21(25)20-18(24)11-17(12-19(20)29-23)28-13-14-5-3-2-4-6-14/h2-12,24,26H,13H2,1H3. The van der Waals surface area contributed by atoms with Gasteiger partial charge in [-0.05, 0) is 29.8 Å². The molecule has 1 heterocycles. The summed E-state index contributed by atoms with van der Waals surface area (Å²) in [5.74, 6) is 0.0792. The lowest BCUT2D eigenvalue weighted by atomic mass is 10.1. The van der Waals surface area contributed by atoms with Crippen molar-refractivity contribution in [1.82, 2.24) is 0 Å². The molecule has 0 aliphatic carbocycles. The van der Waals surface area contributed by atoms with Crippen LogP contribution >= 0.6 is 0 Å². The molecule has 6 heteroatoms. The van der Waals surface area contributed by atoms with Crippen molar-refractivity contribution >= 4 is 11.0 Å². The van der Waals surface area contributed by atoms with E-state index in [4.69, 9.17) is 13.9 Å². The van der Waals surface area contributed by atoms with Crippen LogP contribution in [0.25, 0.3) is 22.3 Å². The van der Waals surface area contributed by atoms with Crippen molar-refractivity contribution in [3.05, 3.63) is 82.5 Å². The lowest BCUT2D eigenvalue weighted by molar-refractivity contribution is 0.304. The van der Waals surface area contributed by atoms with Gasteiger partial charge in [-0.2, -0.15) is 0 Å². The molecule has 0 bridgehead atoms. The van der Waals surface area contributed by atoms with E-state index < -0.39 is 11.2 Å². The van der Waals surface area contributed by atoms with Gasteiger partial charge in [0, 0.05) is 17.7 Å². The summed E-state index contributed by atoms with van der Waals surface area (Å²) in [7, 11) is 1.54. The number of fused-ring (bicyclic) bond motifs is 1. The number of methoxy groups -OCH3 is 1. The molecule has 0 aliphatic heterocycles. The van der Waals surface area contributed by atoms with Gasteiger partial charge >= 0.3 is 0 Å². The number of rotatable bonds is 5. The topological polar surface area (TPSA) is 89.1 Å². The van der Waals surface area contributed by atoms with Crippen molar-refractivity contribution in [3.8, 4) is 34.3 Å². The lowest BCUT2D eigenvalue weighted by Crippen LogP contribution is -2.04. The summed E-state index contributed by atoms with van der Waals surface area (Å²) in [6, 6.07) is 19.1. The Balaban J connectivity index is 1.76. The molecule has 0 fully saturated rings. The Morgan fingerprint density at radius 1 is 0.931 bits per heavy atom. The number of ether oxygens (including phenoxy) is 2. The van der Waals surface area contributed by atoms with E-state index >= 15 is 0 Å². The van der Waals surface area contributed by atoms with Crippen LogP contribution in [0.5, 0.6) is 23.0 Å². The molecule has 0 aliphatic rings. The van der Waals surface area contributed by atoms with E-state index in [1.807, 2.05) is 30.3 Å². The highest BCUT2D eigenvalue weighted by atomic mass is 16.5. The van der Waals surface area contributed by atoms with Crippen LogP contribution in [-0.4, -0.2) is 17.3 Å². The third-order valence-electron chi connectivity index (χ3n) is 4.52. The first-order valence-corrected chi connectivity index (χ1v) is 8.91. The van der Waals surface area contributed by atoms with Gasteiger partial charge in [-0.15, -0.1) is 0 Å². The predicted molar refractivity (Wildman–Crippen MR) is 109 cm³/mol. The number of hydrogen-bond acceptors (Lipinski definition) is 6. The first kappa shape index (κ1) is 18.4. The molecule has 3 aromatic carbocycles. The Labute approximate surface area is 166 Å². The highest BCUT2D eigenvalue weighted by Crippen LogP contribution is 2.35. The van der Waals surface area contributed by atoms with Gasteiger partial charge in [0.05, 0.1) is 7.11 Å². The third-order valence-corrected chi connectivity index (χ3v) is 4.52. The quantitative estimate of drug-likeness (QED) is 0.523. The zero-order valence-electron chi connectivity index (χ0n) is 15.6. The summed E-state index contributed by atoms with van der Waals surface area (Å²) >= 11 is 0. The van der Waals surface area contributed by atoms with Gasteiger partial charge in [-0.1, -0.05) is 30.3 Å².